The van der Waals surface area contributed by atoms with Crippen molar-refractivity contribution in [1.29, 1.82) is 0 Å². The smallest absolute Gasteiger partial charge is 0.312 e. The van der Waals surface area contributed by atoms with Crippen LogP contribution in [0.25, 0.3) is 0 Å². The molecule has 112 valence electrons. The second-order valence-electron chi connectivity index (χ2n) is 5.97. The Kier molecular flexibility index (Phi) is 5.86. The van der Waals surface area contributed by atoms with E-state index in [4.69, 9.17) is 14.2 Å². The Hall–Kier alpha value is -1.71. The molecule has 0 bridgehead atoms. The Morgan fingerprint density at radius 1 is 1.10 bits per heavy atom. The van der Waals surface area contributed by atoms with Crippen LogP contribution in [0.2, 0.25) is 0 Å². The van der Waals surface area contributed by atoms with Crippen LogP contribution >= 0.6 is 0 Å². The van der Waals surface area contributed by atoms with Gasteiger partial charge >= 0.3 is 5.97 Å². The highest BCUT2D eigenvalue weighted by Crippen LogP contribution is 2.26. The van der Waals surface area contributed by atoms with Crippen LogP contribution in [0.4, 0.5) is 0 Å². The quantitative estimate of drug-likeness (QED) is 0.750. The summed E-state index contributed by atoms with van der Waals surface area (Å²) in [6.07, 6.45) is 0.718. The molecule has 1 aromatic carbocycles. The van der Waals surface area contributed by atoms with E-state index in [1.54, 1.807) is 7.11 Å². The molecule has 0 heterocycles. The maximum Gasteiger partial charge on any atom is 0.312 e. The molecule has 4 heteroatoms. The summed E-state index contributed by atoms with van der Waals surface area (Å²) in [4.78, 5) is 11.8. The Morgan fingerprint density at radius 2 is 1.65 bits per heavy atom. The SMILES string of the molecule is COC(=O)C(COc1ccc(OC)cc1)CC(C)(C)C. The summed E-state index contributed by atoms with van der Waals surface area (Å²) < 4.78 is 15.6. The van der Waals surface area contributed by atoms with Crippen molar-refractivity contribution in [3.05, 3.63) is 24.3 Å². The van der Waals surface area contributed by atoms with Gasteiger partial charge in [0.05, 0.1) is 20.1 Å². The lowest BCUT2D eigenvalue weighted by molar-refractivity contribution is -0.147. The molecule has 1 aromatic rings. The zero-order valence-corrected chi connectivity index (χ0v) is 12.9. The Morgan fingerprint density at radius 3 is 2.10 bits per heavy atom. The summed E-state index contributed by atoms with van der Waals surface area (Å²) >= 11 is 0. The molecule has 0 aromatic heterocycles. The molecule has 0 radical (unpaired) electrons. The van der Waals surface area contributed by atoms with E-state index < -0.39 is 0 Å². The summed E-state index contributed by atoms with van der Waals surface area (Å²) in [6.45, 7) is 6.60. The second-order valence-corrected chi connectivity index (χ2v) is 5.97. The molecule has 1 rings (SSSR count). The van der Waals surface area contributed by atoms with Gasteiger partial charge in [-0.15, -0.1) is 0 Å². The van der Waals surface area contributed by atoms with Crippen molar-refractivity contribution in [1.82, 2.24) is 0 Å². The number of hydrogen-bond donors (Lipinski definition) is 0. The number of ether oxygens (including phenoxy) is 3. The average Bonchev–Trinajstić information content (AvgIpc) is 2.42. The largest absolute Gasteiger partial charge is 0.497 e. The maximum absolute atomic E-state index is 11.8. The van der Waals surface area contributed by atoms with Crippen LogP contribution in [0, 0.1) is 11.3 Å². The molecular weight excluding hydrogens is 256 g/mol. The molecule has 0 aliphatic heterocycles. The molecule has 0 spiro atoms. The lowest BCUT2D eigenvalue weighted by atomic mass is 9.85. The van der Waals surface area contributed by atoms with E-state index in [1.807, 2.05) is 24.3 Å². The predicted octanol–water partition coefficient (Wildman–Crippen LogP) is 3.30. The van der Waals surface area contributed by atoms with E-state index in [0.29, 0.717) is 12.4 Å². The third kappa shape index (κ3) is 5.51. The fourth-order valence-electron chi connectivity index (χ4n) is 1.98. The second kappa shape index (κ2) is 7.17. The van der Waals surface area contributed by atoms with Crippen molar-refractivity contribution in [2.45, 2.75) is 27.2 Å². The van der Waals surface area contributed by atoms with E-state index in [0.717, 1.165) is 12.2 Å². The van der Waals surface area contributed by atoms with Crippen molar-refractivity contribution in [2.24, 2.45) is 11.3 Å². The number of esters is 1. The van der Waals surface area contributed by atoms with Gasteiger partial charge in [-0.2, -0.15) is 0 Å². The van der Waals surface area contributed by atoms with Crippen LogP contribution in [-0.2, 0) is 9.53 Å². The number of carbonyl (C=O) groups is 1. The topological polar surface area (TPSA) is 44.8 Å². The zero-order valence-electron chi connectivity index (χ0n) is 12.9. The molecule has 1 unspecified atom stereocenters. The molecule has 0 saturated heterocycles. The molecule has 0 amide bonds. The van der Waals surface area contributed by atoms with Crippen LogP contribution in [0.3, 0.4) is 0 Å². The van der Waals surface area contributed by atoms with E-state index in [2.05, 4.69) is 20.8 Å². The minimum absolute atomic E-state index is 0.0438. The highest BCUT2D eigenvalue weighted by molar-refractivity contribution is 5.72. The van der Waals surface area contributed by atoms with E-state index in [9.17, 15) is 4.79 Å². The third-order valence-corrected chi connectivity index (χ3v) is 2.90. The summed E-state index contributed by atoms with van der Waals surface area (Å²) in [5, 5.41) is 0. The third-order valence-electron chi connectivity index (χ3n) is 2.90. The van der Waals surface area contributed by atoms with Crippen molar-refractivity contribution in [2.75, 3.05) is 20.8 Å². The van der Waals surface area contributed by atoms with Gasteiger partial charge in [0.1, 0.15) is 18.1 Å². The highest BCUT2D eigenvalue weighted by atomic mass is 16.5. The minimum Gasteiger partial charge on any atom is -0.497 e. The molecule has 0 N–H and O–H groups in total. The zero-order chi connectivity index (χ0) is 15.2. The average molecular weight is 280 g/mol. The van der Waals surface area contributed by atoms with E-state index in [-0.39, 0.29) is 17.3 Å². The predicted molar refractivity (Wildman–Crippen MR) is 78.1 cm³/mol. The van der Waals surface area contributed by atoms with Gasteiger partial charge in [-0.25, -0.2) is 0 Å². The number of methoxy groups -OCH3 is 2. The van der Waals surface area contributed by atoms with Gasteiger partial charge in [0.25, 0.3) is 0 Å². The first-order chi connectivity index (χ1) is 9.35. The Bertz CT molecular complexity index is 417. The fraction of sp³-hybridized carbons (Fsp3) is 0.562. The lowest BCUT2D eigenvalue weighted by Gasteiger charge is -2.24. The van der Waals surface area contributed by atoms with Crippen molar-refractivity contribution >= 4 is 5.97 Å². The van der Waals surface area contributed by atoms with E-state index >= 15 is 0 Å². The summed E-state index contributed by atoms with van der Waals surface area (Å²) in [7, 11) is 3.03. The molecule has 20 heavy (non-hydrogen) atoms. The number of carbonyl (C=O) groups excluding carboxylic acids is 1. The molecule has 1 atom stereocenters. The fourth-order valence-corrected chi connectivity index (χ4v) is 1.98. The number of rotatable bonds is 6. The number of hydrogen-bond acceptors (Lipinski definition) is 4. The molecule has 0 fully saturated rings. The van der Waals surface area contributed by atoms with Crippen LogP contribution in [0.15, 0.2) is 24.3 Å². The summed E-state index contributed by atoms with van der Waals surface area (Å²) in [5.74, 6) is 1.00. The van der Waals surface area contributed by atoms with Gasteiger partial charge in [0.15, 0.2) is 0 Å². The van der Waals surface area contributed by atoms with Crippen molar-refractivity contribution in [3.8, 4) is 11.5 Å². The number of benzene rings is 1. The first kappa shape index (κ1) is 16.3. The van der Waals surface area contributed by atoms with E-state index in [1.165, 1.54) is 7.11 Å². The van der Waals surface area contributed by atoms with Gasteiger partial charge in [-0.1, -0.05) is 20.8 Å². The summed E-state index contributed by atoms with van der Waals surface area (Å²) in [5.41, 5.74) is 0.0438. The monoisotopic (exact) mass is 280 g/mol. The molecule has 0 aliphatic carbocycles. The highest BCUT2D eigenvalue weighted by Gasteiger charge is 2.26. The van der Waals surface area contributed by atoms with Gasteiger partial charge in [0.2, 0.25) is 0 Å². The van der Waals surface area contributed by atoms with Gasteiger partial charge in [-0.3, -0.25) is 4.79 Å². The Balaban J connectivity index is 2.63. The first-order valence-electron chi connectivity index (χ1n) is 6.70. The Labute approximate surface area is 121 Å². The molecule has 4 nitrogen and oxygen atoms in total. The minimum atomic E-state index is -0.262. The van der Waals surface area contributed by atoms with Crippen LogP contribution < -0.4 is 9.47 Å². The standard InChI is InChI=1S/C16H24O4/c1-16(2,3)10-12(15(17)19-5)11-20-14-8-6-13(18-4)7-9-14/h6-9,12H,10-11H2,1-5H3. The van der Waals surface area contributed by atoms with Gasteiger partial charge in [-0.05, 0) is 36.1 Å². The normalized spacial score (nSPS) is 12.7. The van der Waals surface area contributed by atoms with Crippen molar-refractivity contribution in [3.63, 3.8) is 0 Å². The van der Waals surface area contributed by atoms with Crippen LogP contribution in [0.1, 0.15) is 27.2 Å². The first-order valence-corrected chi connectivity index (χ1v) is 6.70. The van der Waals surface area contributed by atoms with Gasteiger partial charge < -0.3 is 14.2 Å². The summed E-state index contributed by atoms with van der Waals surface area (Å²) in [6, 6.07) is 7.30. The van der Waals surface area contributed by atoms with Crippen molar-refractivity contribution < 1.29 is 19.0 Å². The maximum atomic E-state index is 11.8. The molecular formula is C16H24O4. The van der Waals surface area contributed by atoms with Crippen LogP contribution in [0.5, 0.6) is 11.5 Å². The van der Waals surface area contributed by atoms with Gasteiger partial charge in [0, 0.05) is 0 Å². The lowest BCUT2D eigenvalue weighted by Crippen LogP contribution is -2.27. The molecule has 0 aliphatic rings. The van der Waals surface area contributed by atoms with Crippen LogP contribution in [-0.4, -0.2) is 26.8 Å². The molecule has 0 saturated carbocycles.